The van der Waals surface area contributed by atoms with Gasteiger partial charge >= 0.3 is 17.9 Å². The summed E-state index contributed by atoms with van der Waals surface area (Å²) in [5.74, 6) is -0.957. The maximum Gasteiger partial charge on any atom is 0.306 e. The van der Waals surface area contributed by atoms with Gasteiger partial charge in [-0.25, -0.2) is 0 Å². The first kappa shape index (κ1) is 59.3. The van der Waals surface area contributed by atoms with Crippen LogP contribution in [0.25, 0.3) is 0 Å². The molecule has 0 aromatic carbocycles. The van der Waals surface area contributed by atoms with E-state index in [1.54, 1.807) is 0 Å². The first-order valence-corrected chi connectivity index (χ1v) is 25.7. The van der Waals surface area contributed by atoms with Crippen molar-refractivity contribution in [2.75, 3.05) is 13.2 Å². The molecule has 0 rings (SSSR count). The zero-order valence-corrected chi connectivity index (χ0v) is 40.8. The first-order chi connectivity index (χ1) is 31.0. The maximum absolute atomic E-state index is 12.7. The van der Waals surface area contributed by atoms with Crippen molar-refractivity contribution in [1.29, 1.82) is 0 Å². The molecule has 63 heavy (non-hydrogen) atoms. The van der Waals surface area contributed by atoms with Crippen LogP contribution < -0.4 is 0 Å². The van der Waals surface area contributed by atoms with Crippen molar-refractivity contribution in [2.45, 2.75) is 232 Å². The number of ether oxygens (including phenoxy) is 3. The van der Waals surface area contributed by atoms with Crippen LogP contribution in [0.1, 0.15) is 226 Å². The van der Waals surface area contributed by atoms with E-state index in [4.69, 9.17) is 14.2 Å². The maximum atomic E-state index is 12.7. The minimum atomic E-state index is -0.795. The number of unbranched alkanes of at least 4 members (excludes halogenated alkanes) is 18. The van der Waals surface area contributed by atoms with Gasteiger partial charge in [0.25, 0.3) is 0 Å². The Morgan fingerprint density at radius 3 is 1.00 bits per heavy atom. The monoisotopic (exact) mass is 875 g/mol. The number of carbonyl (C=O) groups is 3. The molecule has 0 fully saturated rings. The molecule has 1 atom stereocenters. The Morgan fingerprint density at radius 2 is 0.619 bits per heavy atom. The number of hydrogen-bond donors (Lipinski definition) is 0. The highest BCUT2D eigenvalue weighted by atomic mass is 16.6. The Kier molecular flexibility index (Phi) is 48.0. The third kappa shape index (κ3) is 49.2. The highest BCUT2D eigenvalue weighted by molar-refractivity contribution is 5.71. The highest BCUT2D eigenvalue weighted by Gasteiger charge is 2.19. The van der Waals surface area contributed by atoms with Crippen LogP contribution in [0.2, 0.25) is 0 Å². The highest BCUT2D eigenvalue weighted by Crippen LogP contribution is 2.14. The molecule has 0 radical (unpaired) electrons. The molecule has 0 N–H and O–H groups in total. The largest absolute Gasteiger partial charge is 0.462 e. The fraction of sp³-hybridized carbons (Fsp3) is 0.667. The molecule has 0 saturated carbocycles. The normalized spacial score (nSPS) is 12.9. The van der Waals surface area contributed by atoms with E-state index in [1.165, 1.54) is 64.2 Å². The van der Waals surface area contributed by atoms with Crippen molar-refractivity contribution in [3.8, 4) is 0 Å². The summed E-state index contributed by atoms with van der Waals surface area (Å²) in [6.45, 7) is 6.28. The molecule has 0 spiro atoms. The summed E-state index contributed by atoms with van der Waals surface area (Å²) in [6.07, 6.45) is 67.3. The summed E-state index contributed by atoms with van der Waals surface area (Å²) < 4.78 is 16.6. The van der Waals surface area contributed by atoms with Crippen LogP contribution in [-0.4, -0.2) is 37.2 Å². The standard InChI is InChI=1S/C57H94O6/c1-4-7-10-13-15-17-19-21-23-24-25-26-27-28-29-30-31-32-34-35-37-39-41-44-47-50-56(59)62-53-54(52-61-55(58)49-46-43-12-9-6-3)63-57(60)51-48-45-42-40-38-36-33-22-20-18-16-14-11-8-5-2/h7-8,10-11,15-18,21-23,25-26,33,38,40,54H,4-6,9,12-14,19-20,24,27-32,34-37,39,41-53H2,1-3H3/b10-7-,11-8-,17-15-,18-16-,23-21-,26-25-,33-22-,40-38-. The summed E-state index contributed by atoms with van der Waals surface area (Å²) in [5, 5.41) is 0. The number of carbonyl (C=O) groups excluding carboxylic acids is 3. The summed E-state index contributed by atoms with van der Waals surface area (Å²) >= 11 is 0. The van der Waals surface area contributed by atoms with Crippen molar-refractivity contribution in [1.82, 2.24) is 0 Å². The van der Waals surface area contributed by atoms with Gasteiger partial charge in [-0.1, -0.05) is 208 Å². The zero-order chi connectivity index (χ0) is 45.8. The molecule has 0 aromatic heterocycles. The van der Waals surface area contributed by atoms with Gasteiger partial charge in [0.05, 0.1) is 0 Å². The molecule has 6 heteroatoms. The van der Waals surface area contributed by atoms with Crippen molar-refractivity contribution >= 4 is 17.9 Å². The van der Waals surface area contributed by atoms with Crippen molar-refractivity contribution < 1.29 is 28.6 Å². The second-order valence-corrected chi connectivity index (χ2v) is 16.7. The Balaban J connectivity index is 4.15. The third-order valence-electron chi connectivity index (χ3n) is 10.6. The fourth-order valence-corrected chi connectivity index (χ4v) is 6.78. The summed E-state index contributed by atoms with van der Waals surface area (Å²) in [4.78, 5) is 37.6. The minimum absolute atomic E-state index is 0.0956. The van der Waals surface area contributed by atoms with Crippen LogP contribution in [0.5, 0.6) is 0 Å². The fourth-order valence-electron chi connectivity index (χ4n) is 6.78. The average Bonchev–Trinajstić information content (AvgIpc) is 3.28. The van der Waals surface area contributed by atoms with E-state index in [1.807, 2.05) is 0 Å². The van der Waals surface area contributed by atoms with Crippen LogP contribution >= 0.6 is 0 Å². The summed E-state index contributed by atoms with van der Waals surface area (Å²) in [7, 11) is 0. The molecule has 0 aliphatic rings. The van der Waals surface area contributed by atoms with E-state index < -0.39 is 6.10 Å². The van der Waals surface area contributed by atoms with Crippen LogP contribution in [0.3, 0.4) is 0 Å². The van der Waals surface area contributed by atoms with E-state index in [2.05, 4.69) is 118 Å². The van der Waals surface area contributed by atoms with Gasteiger partial charge in [0.1, 0.15) is 13.2 Å². The Bertz CT molecular complexity index is 1280. The topological polar surface area (TPSA) is 78.9 Å². The SMILES string of the molecule is CC/C=C\C/C=C\C/C=C\C/C=C\CCCCCCCCCCCCCCC(=O)OCC(COC(=O)CCCCCCC)OC(=O)CCCC/C=C\C/C=C\C/C=C\C/C=C\CC. The Hall–Kier alpha value is -3.67. The molecular weight excluding hydrogens is 781 g/mol. The van der Waals surface area contributed by atoms with Gasteiger partial charge in [-0.3, -0.25) is 14.4 Å². The lowest BCUT2D eigenvalue weighted by Gasteiger charge is -2.18. The van der Waals surface area contributed by atoms with Gasteiger partial charge in [0.15, 0.2) is 6.10 Å². The van der Waals surface area contributed by atoms with Crippen molar-refractivity contribution in [3.05, 3.63) is 97.2 Å². The molecule has 0 aromatic rings. The van der Waals surface area contributed by atoms with Crippen molar-refractivity contribution in [3.63, 3.8) is 0 Å². The van der Waals surface area contributed by atoms with Gasteiger partial charge in [-0.05, 0) is 96.3 Å². The van der Waals surface area contributed by atoms with E-state index in [0.717, 1.165) is 116 Å². The van der Waals surface area contributed by atoms with Gasteiger partial charge in [-0.2, -0.15) is 0 Å². The quantitative estimate of drug-likeness (QED) is 0.0262. The van der Waals surface area contributed by atoms with E-state index in [0.29, 0.717) is 19.3 Å². The molecule has 0 aliphatic carbocycles. The zero-order valence-electron chi connectivity index (χ0n) is 40.8. The lowest BCUT2D eigenvalue weighted by Crippen LogP contribution is -2.30. The van der Waals surface area contributed by atoms with E-state index in [-0.39, 0.29) is 37.5 Å². The second-order valence-electron chi connectivity index (χ2n) is 16.7. The van der Waals surface area contributed by atoms with Gasteiger partial charge in [-0.15, -0.1) is 0 Å². The number of allylic oxidation sites excluding steroid dienone is 16. The first-order valence-electron chi connectivity index (χ1n) is 25.7. The predicted octanol–water partition coefficient (Wildman–Crippen LogP) is 17.0. The van der Waals surface area contributed by atoms with Crippen LogP contribution in [0.4, 0.5) is 0 Å². The predicted molar refractivity (Wildman–Crippen MR) is 270 cm³/mol. The second kappa shape index (κ2) is 51.0. The molecule has 0 heterocycles. The molecular formula is C57H94O6. The molecule has 358 valence electrons. The lowest BCUT2D eigenvalue weighted by molar-refractivity contribution is -0.167. The van der Waals surface area contributed by atoms with Crippen molar-refractivity contribution in [2.24, 2.45) is 0 Å². The number of rotatable bonds is 45. The van der Waals surface area contributed by atoms with Gasteiger partial charge in [0, 0.05) is 19.3 Å². The van der Waals surface area contributed by atoms with Gasteiger partial charge < -0.3 is 14.2 Å². The minimum Gasteiger partial charge on any atom is -0.462 e. The third-order valence-corrected chi connectivity index (χ3v) is 10.6. The molecule has 6 nitrogen and oxygen atoms in total. The number of hydrogen-bond acceptors (Lipinski definition) is 6. The van der Waals surface area contributed by atoms with Crippen LogP contribution in [0, 0.1) is 0 Å². The Morgan fingerprint density at radius 1 is 0.333 bits per heavy atom. The summed E-state index contributed by atoms with van der Waals surface area (Å²) in [6, 6.07) is 0. The van der Waals surface area contributed by atoms with Gasteiger partial charge in [0.2, 0.25) is 0 Å². The van der Waals surface area contributed by atoms with Crippen LogP contribution in [-0.2, 0) is 28.6 Å². The average molecular weight is 875 g/mol. The smallest absolute Gasteiger partial charge is 0.306 e. The molecule has 0 saturated heterocycles. The Labute approximate surface area is 387 Å². The molecule has 0 aliphatic heterocycles. The lowest BCUT2D eigenvalue weighted by atomic mass is 10.0. The van der Waals surface area contributed by atoms with E-state index >= 15 is 0 Å². The number of esters is 3. The van der Waals surface area contributed by atoms with Crippen LogP contribution in [0.15, 0.2) is 97.2 Å². The molecule has 0 bridgehead atoms. The summed E-state index contributed by atoms with van der Waals surface area (Å²) in [5.41, 5.74) is 0. The molecule has 0 amide bonds. The molecule has 1 unspecified atom stereocenters. The van der Waals surface area contributed by atoms with E-state index in [9.17, 15) is 14.4 Å².